The number of aromatic nitrogens is 1. The highest BCUT2D eigenvalue weighted by Gasteiger charge is 2.08. The van der Waals surface area contributed by atoms with Gasteiger partial charge in [-0.25, -0.2) is 9.37 Å². The fraction of sp³-hybridized carbons (Fsp3) is 0.143. The first-order valence-corrected chi connectivity index (χ1v) is 6.14. The van der Waals surface area contributed by atoms with Crippen molar-refractivity contribution < 1.29 is 4.39 Å². The molecule has 0 saturated heterocycles. The number of rotatable bonds is 3. The topological polar surface area (TPSA) is 48.7 Å². The van der Waals surface area contributed by atoms with Gasteiger partial charge in [0.15, 0.2) is 0 Å². The Morgan fingerprint density at radius 2 is 2.16 bits per heavy atom. The first-order valence-electron chi connectivity index (χ1n) is 5.76. The Bertz CT molecular complexity index is 650. The zero-order valence-electron chi connectivity index (χ0n) is 10.2. The first kappa shape index (κ1) is 13.3. The predicted molar refractivity (Wildman–Crippen MR) is 73.5 cm³/mol. The minimum Gasteiger partial charge on any atom is -0.369 e. The molecule has 1 aromatic carbocycles. The van der Waals surface area contributed by atoms with Crippen molar-refractivity contribution in [2.45, 2.75) is 6.92 Å². The largest absolute Gasteiger partial charge is 0.369 e. The molecule has 0 spiro atoms. The third-order valence-corrected chi connectivity index (χ3v) is 2.86. The van der Waals surface area contributed by atoms with Crippen LogP contribution in [0.15, 0.2) is 30.3 Å². The van der Waals surface area contributed by atoms with Crippen molar-refractivity contribution in [1.82, 2.24) is 4.98 Å². The van der Waals surface area contributed by atoms with Crippen LogP contribution in [0.3, 0.4) is 0 Å². The van der Waals surface area contributed by atoms with Crippen LogP contribution in [-0.4, -0.2) is 11.5 Å². The molecule has 1 aromatic heterocycles. The van der Waals surface area contributed by atoms with Crippen LogP contribution in [0.4, 0.5) is 10.2 Å². The van der Waals surface area contributed by atoms with E-state index >= 15 is 0 Å². The molecule has 0 aliphatic rings. The lowest BCUT2D eigenvalue weighted by Gasteiger charge is -2.08. The molecule has 1 N–H and O–H groups in total. The number of benzene rings is 1. The third-order valence-electron chi connectivity index (χ3n) is 2.58. The van der Waals surface area contributed by atoms with Crippen molar-refractivity contribution in [2.24, 2.45) is 0 Å². The fourth-order valence-corrected chi connectivity index (χ4v) is 1.85. The van der Waals surface area contributed by atoms with E-state index in [-0.39, 0.29) is 5.02 Å². The van der Waals surface area contributed by atoms with Crippen LogP contribution in [0.5, 0.6) is 0 Å². The van der Waals surface area contributed by atoms with E-state index in [2.05, 4.69) is 16.4 Å². The normalized spacial score (nSPS) is 10.0. The van der Waals surface area contributed by atoms with Gasteiger partial charge < -0.3 is 5.32 Å². The predicted octanol–water partition coefficient (Wildman–Crippen LogP) is 3.84. The van der Waals surface area contributed by atoms with Gasteiger partial charge in [0.05, 0.1) is 16.3 Å². The van der Waals surface area contributed by atoms with Gasteiger partial charge in [0.2, 0.25) is 0 Å². The van der Waals surface area contributed by atoms with Crippen molar-refractivity contribution in [2.75, 3.05) is 11.9 Å². The molecule has 0 saturated carbocycles. The molecule has 0 fully saturated rings. The van der Waals surface area contributed by atoms with Gasteiger partial charge in [-0.1, -0.05) is 11.6 Å². The summed E-state index contributed by atoms with van der Waals surface area (Å²) in [6.45, 7) is 2.58. The van der Waals surface area contributed by atoms with Gasteiger partial charge in [-0.3, -0.25) is 0 Å². The fourth-order valence-electron chi connectivity index (χ4n) is 1.67. The van der Waals surface area contributed by atoms with Gasteiger partial charge in [-0.15, -0.1) is 0 Å². The second kappa shape index (κ2) is 5.68. The molecule has 96 valence electrons. The molecular formula is C14H11ClFN3. The van der Waals surface area contributed by atoms with Crippen molar-refractivity contribution in [3.8, 4) is 17.3 Å². The summed E-state index contributed by atoms with van der Waals surface area (Å²) >= 11 is 5.75. The zero-order valence-corrected chi connectivity index (χ0v) is 11.0. The lowest BCUT2D eigenvalue weighted by molar-refractivity contribution is 0.628. The highest BCUT2D eigenvalue weighted by Crippen LogP contribution is 2.25. The average Bonchev–Trinajstić information content (AvgIpc) is 2.42. The Hall–Kier alpha value is -2.12. The summed E-state index contributed by atoms with van der Waals surface area (Å²) in [5.41, 5.74) is 1.81. The number of nitrogens with zero attached hydrogens (tertiary/aromatic N) is 2. The molecule has 1 heterocycles. The maximum atomic E-state index is 13.1. The summed E-state index contributed by atoms with van der Waals surface area (Å²) in [4.78, 5) is 4.36. The van der Waals surface area contributed by atoms with E-state index in [1.54, 1.807) is 18.2 Å². The molecule has 0 radical (unpaired) electrons. The smallest absolute Gasteiger partial charge is 0.144 e. The number of nitrogens with one attached hydrogen (secondary N) is 1. The van der Waals surface area contributed by atoms with Gasteiger partial charge in [0.25, 0.3) is 0 Å². The van der Waals surface area contributed by atoms with Gasteiger partial charge in [-0.05, 0) is 37.3 Å². The molecule has 0 aliphatic carbocycles. The minimum atomic E-state index is -0.467. The van der Waals surface area contributed by atoms with E-state index in [9.17, 15) is 4.39 Å². The van der Waals surface area contributed by atoms with Gasteiger partial charge >= 0.3 is 0 Å². The maximum Gasteiger partial charge on any atom is 0.144 e. The van der Waals surface area contributed by atoms with Crippen molar-refractivity contribution in [1.29, 1.82) is 5.26 Å². The summed E-state index contributed by atoms with van der Waals surface area (Å²) in [7, 11) is 0. The standard InChI is InChI=1S/C14H11ClFN3/c1-2-18-14-10(8-17)4-6-13(19-14)9-3-5-12(16)11(15)7-9/h3-7H,2H2,1H3,(H,18,19). The molecule has 2 rings (SSSR count). The monoisotopic (exact) mass is 275 g/mol. The van der Waals surface area contributed by atoms with Gasteiger partial charge in [-0.2, -0.15) is 5.26 Å². The van der Waals surface area contributed by atoms with E-state index in [1.165, 1.54) is 12.1 Å². The molecule has 0 amide bonds. The second-order valence-electron chi connectivity index (χ2n) is 3.86. The van der Waals surface area contributed by atoms with E-state index in [0.29, 0.717) is 29.2 Å². The van der Waals surface area contributed by atoms with E-state index in [4.69, 9.17) is 16.9 Å². The molecule has 2 aromatic rings. The van der Waals surface area contributed by atoms with Crippen LogP contribution in [0.2, 0.25) is 5.02 Å². The van der Waals surface area contributed by atoms with Crippen LogP contribution in [-0.2, 0) is 0 Å². The third kappa shape index (κ3) is 2.83. The highest BCUT2D eigenvalue weighted by molar-refractivity contribution is 6.31. The number of hydrogen-bond donors (Lipinski definition) is 1. The number of hydrogen-bond acceptors (Lipinski definition) is 3. The van der Waals surface area contributed by atoms with E-state index in [1.807, 2.05) is 6.92 Å². The Kier molecular flexibility index (Phi) is 3.98. The van der Waals surface area contributed by atoms with Gasteiger partial charge in [0.1, 0.15) is 17.7 Å². The number of halogens is 2. The number of anilines is 1. The molecular weight excluding hydrogens is 265 g/mol. The lowest BCUT2D eigenvalue weighted by atomic mass is 10.1. The summed E-state index contributed by atoms with van der Waals surface area (Å²) in [6.07, 6.45) is 0. The van der Waals surface area contributed by atoms with Crippen molar-refractivity contribution in [3.05, 3.63) is 46.7 Å². The number of nitriles is 1. The number of pyridine rings is 1. The first-order chi connectivity index (χ1) is 9.15. The zero-order chi connectivity index (χ0) is 13.8. The van der Waals surface area contributed by atoms with Crippen LogP contribution in [0.25, 0.3) is 11.3 Å². The minimum absolute atomic E-state index is 0.0497. The molecule has 0 bridgehead atoms. The quantitative estimate of drug-likeness (QED) is 0.926. The summed E-state index contributed by atoms with van der Waals surface area (Å²) < 4.78 is 13.1. The van der Waals surface area contributed by atoms with Crippen LogP contribution in [0.1, 0.15) is 12.5 Å². The molecule has 5 heteroatoms. The van der Waals surface area contributed by atoms with E-state index in [0.717, 1.165) is 0 Å². The van der Waals surface area contributed by atoms with E-state index < -0.39 is 5.82 Å². The molecule has 0 unspecified atom stereocenters. The Labute approximate surface area is 115 Å². The molecule has 19 heavy (non-hydrogen) atoms. The van der Waals surface area contributed by atoms with Gasteiger partial charge in [0, 0.05) is 12.1 Å². The molecule has 3 nitrogen and oxygen atoms in total. The SMILES string of the molecule is CCNc1nc(-c2ccc(F)c(Cl)c2)ccc1C#N. The molecule has 0 atom stereocenters. The van der Waals surface area contributed by atoms with Crippen molar-refractivity contribution in [3.63, 3.8) is 0 Å². The Balaban J connectivity index is 2.48. The molecule has 0 aliphatic heterocycles. The average molecular weight is 276 g/mol. The second-order valence-corrected chi connectivity index (χ2v) is 4.27. The van der Waals surface area contributed by atoms with Crippen molar-refractivity contribution >= 4 is 17.4 Å². The highest BCUT2D eigenvalue weighted by atomic mass is 35.5. The Morgan fingerprint density at radius 1 is 1.37 bits per heavy atom. The summed E-state index contributed by atoms with van der Waals surface area (Å²) in [5.74, 6) is 0.0499. The Morgan fingerprint density at radius 3 is 2.79 bits per heavy atom. The van der Waals surface area contributed by atoms with Crippen LogP contribution < -0.4 is 5.32 Å². The summed E-state index contributed by atoms with van der Waals surface area (Å²) in [6, 6.07) is 9.87. The lowest BCUT2D eigenvalue weighted by Crippen LogP contribution is -2.02. The summed E-state index contributed by atoms with van der Waals surface area (Å²) in [5, 5.41) is 12.1. The van der Waals surface area contributed by atoms with Crippen LogP contribution >= 0.6 is 11.6 Å². The van der Waals surface area contributed by atoms with Crippen LogP contribution in [0, 0.1) is 17.1 Å². The maximum absolute atomic E-state index is 13.1.